The smallest absolute Gasteiger partial charge is 0.119 e. The minimum Gasteiger partial charge on any atom is -0.508 e. The molecule has 0 heterocycles. The molecule has 1 rings (SSSR count). The molecule has 1 aromatic rings. The molecule has 1 N–H and O–H groups in total. The lowest BCUT2D eigenvalue weighted by molar-refractivity contribution is 0.467. The third kappa shape index (κ3) is 2.38. The fraction of sp³-hybridized carbons (Fsp3) is 0.455. The van der Waals surface area contributed by atoms with Crippen LogP contribution < -0.4 is 0 Å². The van der Waals surface area contributed by atoms with E-state index < -0.39 is 0 Å². The van der Waals surface area contributed by atoms with Gasteiger partial charge < -0.3 is 5.11 Å². The van der Waals surface area contributed by atoms with Gasteiger partial charge in [-0.1, -0.05) is 31.9 Å². The zero-order chi connectivity index (χ0) is 9.84. The number of halogens is 1. The summed E-state index contributed by atoms with van der Waals surface area (Å²) in [7, 11) is 0. The van der Waals surface area contributed by atoms with Crippen molar-refractivity contribution >= 4 is 11.6 Å². The Kier molecular flexibility index (Phi) is 3.61. The van der Waals surface area contributed by atoms with Crippen molar-refractivity contribution in [2.24, 2.45) is 0 Å². The lowest BCUT2D eigenvalue weighted by atomic mass is 10.0. The summed E-state index contributed by atoms with van der Waals surface area (Å²) in [6.45, 7) is 4.11. The first kappa shape index (κ1) is 10.4. The highest BCUT2D eigenvalue weighted by Gasteiger charge is 2.05. The maximum atomic E-state index is 9.62. The number of aryl methyl sites for hydroxylation is 2. The first-order valence-electron chi connectivity index (χ1n) is 4.69. The summed E-state index contributed by atoms with van der Waals surface area (Å²) in [4.78, 5) is 0. The van der Waals surface area contributed by atoms with Crippen LogP contribution in [0.4, 0.5) is 0 Å². The van der Waals surface area contributed by atoms with Crippen molar-refractivity contribution in [1.82, 2.24) is 0 Å². The van der Waals surface area contributed by atoms with Crippen LogP contribution in [0.2, 0.25) is 5.02 Å². The molecule has 0 aliphatic rings. The average molecular weight is 199 g/mol. The molecule has 0 unspecified atom stereocenters. The van der Waals surface area contributed by atoms with E-state index in [0.717, 1.165) is 35.4 Å². The zero-order valence-corrected chi connectivity index (χ0v) is 8.86. The summed E-state index contributed by atoms with van der Waals surface area (Å²) in [5.74, 6) is 0.378. The molecule has 0 radical (unpaired) electrons. The molecule has 0 saturated carbocycles. The monoisotopic (exact) mass is 198 g/mol. The Morgan fingerprint density at radius 2 is 1.92 bits per heavy atom. The van der Waals surface area contributed by atoms with Gasteiger partial charge in [-0.25, -0.2) is 0 Å². The van der Waals surface area contributed by atoms with Gasteiger partial charge in [0.1, 0.15) is 5.75 Å². The Morgan fingerprint density at radius 1 is 1.23 bits per heavy atom. The standard InChI is InChI=1S/C11H15ClO/c1-3-5-9-6-10(12)8(4-2)7-11(9)13/h6-7,13H,3-5H2,1-2H3. The van der Waals surface area contributed by atoms with Crippen LogP contribution in [0.1, 0.15) is 31.4 Å². The van der Waals surface area contributed by atoms with Gasteiger partial charge in [0.2, 0.25) is 0 Å². The molecule has 0 saturated heterocycles. The Labute approximate surface area is 84.4 Å². The van der Waals surface area contributed by atoms with E-state index in [1.54, 1.807) is 6.07 Å². The Morgan fingerprint density at radius 3 is 2.46 bits per heavy atom. The van der Waals surface area contributed by atoms with Gasteiger partial charge in [0.25, 0.3) is 0 Å². The predicted molar refractivity (Wildman–Crippen MR) is 56.5 cm³/mol. The minimum absolute atomic E-state index is 0.378. The molecule has 0 atom stereocenters. The summed E-state index contributed by atoms with van der Waals surface area (Å²) in [5.41, 5.74) is 1.96. The Hall–Kier alpha value is -0.690. The van der Waals surface area contributed by atoms with Crippen LogP contribution in [0.15, 0.2) is 12.1 Å². The highest BCUT2D eigenvalue weighted by molar-refractivity contribution is 6.31. The number of hydrogen-bond donors (Lipinski definition) is 1. The van der Waals surface area contributed by atoms with E-state index in [0.29, 0.717) is 5.75 Å². The third-order valence-electron chi connectivity index (χ3n) is 2.15. The molecule has 1 nitrogen and oxygen atoms in total. The molecule has 0 spiro atoms. The largest absolute Gasteiger partial charge is 0.508 e. The molecule has 0 bridgehead atoms. The van der Waals surface area contributed by atoms with Gasteiger partial charge in [-0.15, -0.1) is 0 Å². The Bertz CT molecular complexity index is 294. The molecule has 0 aromatic heterocycles. The molecule has 13 heavy (non-hydrogen) atoms. The fourth-order valence-corrected chi connectivity index (χ4v) is 1.71. The van der Waals surface area contributed by atoms with E-state index in [2.05, 4.69) is 6.92 Å². The summed E-state index contributed by atoms with van der Waals surface area (Å²) in [5, 5.41) is 10.4. The van der Waals surface area contributed by atoms with Crippen LogP contribution in [-0.4, -0.2) is 5.11 Å². The van der Waals surface area contributed by atoms with Crippen molar-refractivity contribution in [2.45, 2.75) is 33.1 Å². The number of phenols is 1. The van der Waals surface area contributed by atoms with E-state index in [9.17, 15) is 5.11 Å². The first-order valence-corrected chi connectivity index (χ1v) is 5.07. The van der Waals surface area contributed by atoms with Crippen LogP contribution in [0.5, 0.6) is 5.75 Å². The summed E-state index contributed by atoms with van der Waals surface area (Å²) >= 11 is 6.03. The second-order valence-electron chi connectivity index (χ2n) is 3.18. The normalized spacial score (nSPS) is 10.4. The van der Waals surface area contributed by atoms with Crippen molar-refractivity contribution in [3.63, 3.8) is 0 Å². The highest BCUT2D eigenvalue weighted by Crippen LogP contribution is 2.27. The molecule has 0 fully saturated rings. The fourth-order valence-electron chi connectivity index (χ4n) is 1.39. The van der Waals surface area contributed by atoms with Crippen LogP contribution in [0, 0.1) is 0 Å². The predicted octanol–water partition coefficient (Wildman–Crippen LogP) is 3.56. The number of aromatic hydroxyl groups is 1. The number of rotatable bonds is 3. The van der Waals surface area contributed by atoms with Gasteiger partial charge in [0.05, 0.1) is 0 Å². The molecule has 0 aliphatic carbocycles. The number of benzene rings is 1. The molecule has 2 heteroatoms. The maximum absolute atomic E-state index is 9.62. The Balaban J connectivity index is 3.05. The lowest BCUT2D eigenvalue weighted by Crippen LogP contribution is -1.89. The zero-order valence-electron chi connectivity index (χ0n) is 8.10. The SMILES string of the molecule is CCCc1cc(Cl)c(CC)cc1O. The average Bonchev–Trinajstić information content (AvgIpc) is 2.11. The van der Waals surface area contributed by atoms with E-state index in [4.69, 9.17) is 11.6 Å². The number of phenolic OH excluding ortho intramolecular Hbond substituents is 1. The topological polar surface area (TPSA) is 20.2 Å². The number of hydrogen-bond acceptors (Lipinski definition) is 1. The van der Waals surface area contributed by atoms with Crippen molar-refractivity contribution in [3.8, 4) is 5.75 Å². The summed E-state index contributed by atoms with van der Waals surface area (Å²) < 4.78 is 0. The third-order valence-corrected chi connectivity index (χ3v) is 2.50. The molecule has 0 aliphatic heterocycles. The molecule has 1 aromatic carbocycles. The van der Waals surface area contributed by atoms with Gasteiger partial charge in [-0.3, -0.25) is 0 Å². The van der Waals surface area contributed by atoms with Gasteiger partial charge in [-0.2, -0.15) is 0 Å². The van der Waals surface area contributed by atoms with Gasteiger partial charge in [0.15, 0.2) is 0 Å². The minimum atomic E-state index is 0.378. The molecule has 0 amide bonds. The van der Waals surface area contributed by atoms with Gasteiger partial charge in [-0.05, 0) is 36.1 Å². The van der Waals surface area contributed by atoms with Gasteiger partial charge >= 0.3 is 0 Å². The van der Waals surface area contributed by atoms with Crippen molar-refractivity contribution < 1.29 is 5.11 Å². The van der Waals surface area contributed by atoms with Crippen LogP contribution in [0.25, 0.3) is 0 Å². The van der Waals surface area contributed by atoms with Crippen LogP contribution >= 0.6 is 11.6 Å². The van der Waals surface area contributed by atoms with Crippen LogP contribution in [0.3, 0.4) is 0 Å². The molecular weight excluding hydrogens is 184 g/mol. The quantitative estimate of drug-likeness (QED) is 0.788. The van der Waals surface area contributed by atoms with E-state index in [-0.39, 0.29) is 0 Å². The second kappa shape index (κ2) is 4.52. The summed E-state index contributed by atoms with van der Waals surface area (Å²) in [6, 6.07) is 3.65. The maximum Gasteiger partial charge on any atom is 0.119 e. The van der Waals surface area contributed by atoms with E-state index >= 15 is 0 Å². The first-order chi connectivity index (χ1) is 6.19. The summed E-state index contributed by atoms with van der Waals surface area (Å²) in [6.07, 6.45) is 2.77. The van der Waals surface area contributed by atoms with Crippen molar-refractivity contribution in [1.29, 1.82) is 0 Å². The van der Waals surface area contributed by atoms with E-state index in [1.807, 2.05) is 13.0 Å². The van der Waals surface area contributed by atoms with E-state index in [1.165, 1.54) is 0 Å². The van der Waals surface area contributed by atoms with Gasteiger partial charge in [0, 0.05) is 5.02 Å². The van der Waals surface area contributed by atoms with Crippen molar-refractivity contribution in [3.05, 3.63) is 28.3 Å². The molecular formula is C11H15ClO. The van der Waals surface area contributed by atoms with Crippen LogP contribution in [-0.2, 0) is 12.8 Å². The second-order valence-corrected chi connectivity index (χ2v) is 3.58. The highest BCUT2D eigenvalue weighted by atomic mass is 35.5. The lowest BCUT2D eigenvalue weighted by Gasteiger charge is -2.07. The molecule has 72 valence electrons. The van der Waals surface area contributed by atoms with Crippen molar-refractivity contribution in [2.75, 3.05) is 0 Å².